The van der Waals surface area contributed by atoms with Gasteiger partial charge in [-0.1, -0.05) is 20.8 Å². The standard InChI is InChI=1S/C14H13F5O4.C6H15N/c1-4-22-11(20)13(2,3)7-5-8(15)10(16)9(6-7)23-12(21)14(17,18)19;1-4-7(5-2)6-3/h5-6H,4H2,1-3H3;4-6H2,1-3H3. The Morgan fingerprint density at radius 1 is 0.933 bits per heavy atom. The lowest BCUT2D eigenvalue weighted by molar-refractivity contribution is -0.189. The largest absolute Gasteiger partial charge is 0.491 e. The smallest absolute Gasteiger partial charge is 0.465 e. The number of halogens is 5. The van der Waals surface area contributed by atoms with E-state index in [1.165, 1.54) is 40.4 Å². The fourth-order valence-electron chi connectivity index (χ4n) is 2.26. The van der Waals surface area contributed by atoms with Gasteiger partial charge in [-0.15, -0.1) is 0 Å². The Labute approximate surface area is 173 Å². The number of carbonyl (C=O) groups is 2. The molecule has 0 aliphatic rings. The lowest BCUT2D eigenvalue weighted by Crippen LogP contribution is -2.32. The van der Waals surface area contributed by atoms with Crippen LogP contribution < -0.4 is 4.74 Å². The Kier molecular flexibility index (Phi) is 10.9. The Morgan fingerprint density at radius 3 is 1.80 bits per heavy atom. The molecule has 0 amide bonds. The third-order valence-corrected chi connectivity index (χ3v) is 4.28. The third kappa shape index (κ3) is 7.89. The summed E-state index contributed by atoms with van der Waals surface area (Å²) in [6.07, 6.45) is -5.38. The second-order valence-corrected chi connectivity index (χ2v) is 6.62. The first-order valence-corrected chi connectivity index (χ1v) is 9.44. The zero-order valence-electron chi connectivity index (χ0n) is 18.0. The summed E-state index contributed by atoms with van der Waals surface area (Å²) < 4.78 is 72.2. The highest BCUT2D eigenvalue weighted by Crippen LogP contribution is 2.32. The molecule has 5 nitrogen and oxygen atoms in total. The van der Waals surface area contributed by atoms with Crippen molar-refractivity contribution >= 4 is 11.9 Å². The number of hydrogen-bond acceptors (Lipinski definition) is 5. The van der Waals surface area contributed by atoms with Gasteiger partial charge in [0, 0.05) is 0 Å². The molecule has 1 aromatic carbocycles. The van der Waals surface area contributed by atoms with Gasteiger partial charge in [0.25, 0.3) is 0 Å². The summed E-state index contributed by atoms with van der Waals surface area (Å²) in [6, 6.07) is 1.27. The van der Waals surface area contributed by atoms with E-state index in [4.69, 9.17) is 4.74 Å². The summed E-state index contributed by atoms with van der Waals surface area (Å²) in [6.45, 7) is 14.3. The summed E-state index contributed by atoms with van der Waals surface area (Å²) in [4.78, 5) is 25.0. The van der Waals surface area contributed by atoms with Crippen LogP contribution in [0.1, 0.15) is 47.1 Å². The van der Waals surface area contributed by atoms with E-state index in [2.05, 4.69) is 30.4 Å². The number of carbonyl (C=O) groups excluding carboxylic acids is 2. The lowest BCUT2D eigenvalue weighted by Gasteiger charge is -2.23. The maximum atomic E-state index is 13.6. The Bertz CT molecular complexity index is 710. The maximum Gasteiger partial charge on any atom is 0.491 e. The summed E-state index contributed by atoms with van der Waals surface area (Å²) in [5.74, 6) is -8.11. The van der Waals surface area contributed by atoms with Crippen LogP contribution in [-0.2, 0) is 19.7 Å². The van der Waals surface area contributed by atoms with E-state index in [1.807, 2.05) is 0 Å². The summed E-state index contributed by atoms with van der Waals surface area (Å²) >= 11 is 0. The predicted molar refractivity (Wildman–Crippen MR) is 101 cm³/mol. The number of hydrogen-bond donors (Lipinski definition) is 0. The van der Waals surface area contributed by atoms with Crippen LogP contribution in [0.2, 0.25) is 0 Å². The van der Waals surface area contributed by atoms with Crippen LogP contribution in [0, 0.1) is 11.6 Å². The molecule has 0 fully saturated rings. The van der Waals surface area contributed by atoms with Crippen molar-refractivity contribution in [1.82, 2.24) is 4.90 Å². The number of benzene rings is 1. The van der Waals surface area contributed by atoms with Crippen LogP contribution in [0.4, 0.5) is 22.0 Å². The van der Waals surface area contributed by atoms with E-state index in [9.17, 15) is 31.5 Å². The molecular weight excluding hydrogens is 413 g/mol. The molecule has 0 bridgehead atoms. The second kappa shape index (κ2) is 11.8. The summed E-state index contributed by atoms with van der Waals surface area (Å²) in [5, 5.41) is 0. The van der Waals surface area contributed by atoms with E-state index >= 15 is 0 Å². The minimum Gasteiger partial charge on any atom is -0.465 e. The van der Waals surface area contributed by atoms with Crippen LogP contribution in [0.15, 0.2) is 12.1 Å². The van der Waals surface area contributed by atoms with E-state index in [-0.39, 0.29) is 12.2 Å². The number of alkyl halides is 3. The molecule has 0 heterocycles. The Hall–Kier alpha value is -2.23. The van der Waals surface area contributed by atoms with E-state index in [0.717, 1.165) is 0 Å². The van der Waals surface area contributed by atoms with Crippen LogP contribution in [-0.4, -0.2) is 49.3 Å². The molecule has 0 aromatic heterocycles. The first-order chi connectivity index (χ1) is 13.8. The fraction of sp³-hybridized carbons (Fsp3) is 0.600. The van der Waals surface area contributed by atoms with Crippen molar-refractivity contribution in [1.29, 1.82) is 0 Å². The highest BCUT2D eigenvalue weighted by Gasteiger charge is 2.42. The molecular formula is C20H28F5NO4. The molecule has 0 N–H and O–H groups in total. The third-order valence-electron chi connectivity index (χ3n) is 4.28. The van der Waals surface area contributed by atoms with E-state index in [0.29, 0.717) is 12.1 Å². The molecule has 0 aliphatic carbocycles. The van der Waals surface area contributed by atoms with Gasteiger partial charge in [-0.05, 0) is 58.1 Å². The molecule has 0 unspecified atom stereocenters. The predicted octanol–water partition coefficient (Wildman–Crippen LogP) is 4.62. The van der Waals surface area contributed by atoms with Crippen LogP contribution in [0.5, 0.6) is 5.75 Å². The number of rotatable bonds is 7. The zero-order valence-corrected chi connectivity index (χ0v) is 18.0. The monoisotopic (exact) mass is 441 g/mol. The summed E-state index contributed by atoms with van der Waals surface area (Å²) in [7, 11) is 0. The maximum absolute atomic E-state index is 13.6. The van der Waals surface area contributed by atoms with Gasteiger partial charge in [-0.25, -0.2) is 9.18 Å². The first-order valence-electron chi connectivity index (χ1n) is 9.44. The average Bonchev–Trinajstić information content (AvgIpc) is 2.66. The molecule has 0 aliphatic heterocycles. The van der Waals surface area contributed by atoms with Gasteiger partial charge >= 0.3 is 18.1 Å². The van der Waals surface area contributed by atoms with Crippen LogP contribution >= 0.6 is 0 Å². The molecule has 1 rings (SSSR count). The van der Waals surface area contributed by atoms with Gasteiger partial charge in [0.2, 0.25) is 5.82 Å². The minimum atomic E-state index is -5.38. The fourth-order valence-corrected chi connectivity index (χ4v) is 2.26. The molecule has 0 atom stereocenters. The normalized spacial score (nSPS) is 11.6. The van der Waals surface area contributed by atoms with Crippen LogP contribution in [0.3, 0.4) is 0 Å². The van der Waals surface area contributed by atoms with Crippen molar-refractivity contribution in [3.63, 3.8) is 0 Å². The van der Waals surface area contributed by atoms with Gasteiger partial charge in [0.05, 0.1) is 12.0 Å². The highest BCUT2D eigenvalue weighted by atomic mass is 19.4. The zero-order chi connectivity index (χ0) is 23.7. The first kappa shape index (κ1) is 27.8. The second-order valence-electron chi connectivity index (χ2n) is 6.62. The van der Waals surface area contributed by atoms with E-state index < -0.39 is 40.9 Å². The molecule has 172 valence electrons. The number of ether oxygens (including phenoxy) is 2. The van der Waals surface area contributed by atoms with Gasteiger partial charge in [-0.2, -0.15) is 17.6 Å². The molecule has 0 radical (unpaired) electrons. The van der Waals surface area contributed by atoms with Crippen molar-refractivity contribution in [2.24, 2.45) is 0 Å². The van der Waals surface area contributed by atoms with Gasteiger partial charge in [0.1, 0.15) is 0 Å². The van der Waals surface area contributed by atoms with Crippen molar-refractivity contribution < 1.29 is 41.0 Å². The Morgan fingerprint density at radius 2 is 1.43 bits per heavy atom. The molecule has 30 heavy (non-hydrogen) atoms. The molecule has 1 aromatic rings. The topological polar surface area (TPSA) is 55.8 Å². The van der Waals surface area contributed by atoms with E-state index in [1.54, 1.807) is 0 Å². The van der Waals surface area contributed by atoms with Gasteiger partial charge in [-0.3, -0.25) is 4.79 Å². The Balaban J connectivity index is 0.00000103. The van der Waals surface area contributed by atoms with Gasteiger partial charge in [0.15, 0.2) is 11.6 Å². The van der Waals surface area contributed by atoms with Gasteiger partial charge < -0.3 is 14.4 Å². The minimum absolute atomic E-state index is 0.0157. The lowest BCUT2D eigenvalue weighted by atomic mass is 9.84. The quantitative estimate of drug-likeness (QED) is 0.351. The SMILES string of the molecule is CCN(CC)CC.CCOC(=O)C(C)(C)c1cc(F)c(F)c(OC(=O)C(F)(F)F)c1. The highest BCUT2D eigenvalue weighted by molar-refractivity contribution is 5.83. The number of nitrogens with zero attached hydrogens (tertiary/aromatic N) is 1. The molecule has 0 spiro atoms. The molecule has 0 saturated carbocycles. The average molecular weight is 441 g/mol. The van der Waals surface area contributed by atoms with Crippen LogP contribution in [0.25, 0.3) is 0 Å². The number of esters is 2. The van der Waals surface area contributed by atoms with Crippen molar-refractivity contribution in [3.8, 4) is 5.75 Å². The molecule has 10 heteroatoms. The molecule has 0 saturated heterocycles. The van der Waals surface area contributed by atoms with Crippen molar-refractivity contribution in [2.45, 2.75) is 53.1 Å². The summed E-state index contributed by atoms with van der Waals surface area (Å²) in [5.41, 5.74) is -1.70. The van der Waals surface area contributed by atoms with Crippen molar-refractivity contribution in [2.75, 3.05) is 26.2 Å². The van der Waals surface area contributed by atoms with Crippen molar-refractivity contribution in [3.05, 3.63) is 29.3 Å².